The Morgan fingerprint density at radius 1 is 1.12 bits per heavy atom. The molecule has 0 aliphatic carbocycles. The van der Waals surface area contributed by atoms with E-state index in [-0.39, 0.29) is 13.2 Å². The van der Waals surface area contributed by atoms with E-state index in [2.05, 4.69) is 10.1 Å². The molecule has 7 heteroatoms. The van der Waals surface area contributed by atoms with Crippen LogP contribution in [-0.2, 0) is 17.9 Å². The van der Waals surface area contributed by atoms with Crippen molar-refractivity contribution in [2.45, 2.75) is 19.3 Å². The molecule has 0 saturated carbocycles. The van der Waals surface area contributed by atoms with Crippen LogP contribution in [0.3, 0.4) is 0 Å². The highest BCUT2D eigenvalue weighted by Gasteiger charge is 2.09. The highest BCUT2D eigenvalue weighted by molar-refractivity contribution is 5.89. The fourth-order valence-corrected chi connectivity index (χ4v) is 2.28. The first kappa shape index (κ1) is 17.6. The molecule has 2 aromatic carbocycles. The van der Waals surface area contributed by atoms with Gasteiger partial charge in [-0.15, -0.1) is 0 Å². The summed E-state index contributed by atoms with van der Waals surface area (Å²) in [5.41, 5.74) is 1.37. The molecule has 7 nitrogen and oxygen atoms in total. The molecule has 3 rings (SSSR count). The van der Waals surface area contributed by atoms with Gasteiger partial charge in [0, 0.05) is 0 Å². The quantitative estimate of drug-likeness (QED) is 0.624. The number of hydrogen-bond donors (Lipinski definition) is 1. The minimum atomic E-state index is -0.716. The standard InChI is InChI=1S/C19H19N3O4/c23-17(10-22-14-20-13-21-22)12-25-18-8-6-16(7-9-18)19(24)26-11-15-4-2-1-3-5-15/h1-9,13-14,17,23H,10-12H2/t17-/m1/s1. The summed E-state index contributed by atoms with van der Waals surface area (Å²) >= 11 is 0. The van der Waals surface area contributed by atoms with Crippen molar-refractivity contribution in [1.29, 1.82) is 0 Å². The van der Waals surface area contributed by atoms with E-state index < -0.39 is 12.1 Å². The van der Waals surface area contributed by atoms with Gasteiger partial charge in [0.25, 0.3) is 0 Å². The molecule has 26 heavy (non-hydrogen) atoms. The molecule has 0 aliphatic rings. The Balaban J connectivity index is 1.46. The Hall–Kier alpha value is -3.19. The van der Waals surface area contributed by atoms with Crippen molar-refractivity contribution < 1.29 is 19.4 Å². The Bertz CT molecular complexity index is 805. The van der Waals surface area contributed by atoms with Crippen LogP contribution in [0.4, 0.5) is 0 Å². The van der Waals surface area contributed by atoms with Crippen LogP contribution in [0.2, 0.25) is 0 Å². The molecule has 1 N–H and O–H groups in total. The Labute approximate surface area is 150 Å². The Morgan fingerprint density at radius 3 is 2.58 bits per heavy atom. The molecule has 0 unspecified atom stereocenters. The van der Waals surface area contributed by atoms with Crippen molar-refractivity contribution in [3.8, 4) is 5.75 Å². The molecule has 0 radical (unpaired) electrons. The number of carbonyl (C=O) groups excluding carboxylic acids is 1. The van der Waals surface area contributed by atoms with Crippen LogP contribution in [0.25, 0.3) is 0 Å². The number of benzene rings is 2. The maximum atomic E-state index is 12.1. The lowest BCUT2D eigenvalue weighted by atomic mass is 10.2. The van der Waals surface area contributed by atoms with Crippen molar-refractivity contribution in [3.63, 3.8) is 0 Å². The molecule has 0 fully saturated rings. The van der Waals surface area contributed by atoms with Crippen molar-refractivity contribution in [1.82, 2.24) is 14.8 Å². The zero-order valence-corrected chi connectivity index (χ0v) is 14.1. The number of esters is 1. The van der Waals surface area contributed by atoms with Crippen LogP contribution in [0.5, 0.6) is 5.75 Å². The second kappa shape index (κ2) is 8.77. The summed E-state index contributed by atoms with van der Waals surface area (Å²) in [5, 5.41) is 13.8. The number of aliphatic hydroxyl groups is 1. The van der Waals surface area contributed by atoms with Gasteiger partial charge in [-0.3, -0.25) is 4.68 Å². The lowest BCUT2D eigenvalue weighted by Gasteiger charge is -2.12. The fourth-order valence-electron chi connectivity index (χ4n) is 2.28. The van der Waals surface area contributed by atoms with Gasteiger partial charge >= 0.3 is 5.97 Å². The smallest absolute Gasteiger partial charge is 0.338 e. The van der Waals surface area contributed by atoms with Crippen LogP contribution in [0.1, 0.15) is 15.9 Å². The SMILES string of the molecule is O=C(OCc1ccccc1)c1ccc(OC[C@H](O)Cn2cncn2)cc1. The summed E-state index contributed by atoms with van der Waals surface area (Å²) in [5.74, 6) is 0.161. The summed E-state index contributed by atoms with van der Waals surface area (Å²) in [6.07, 6.45) is 2.22. The van der Waals surface area contributed by atoms with Gasteiger partial charge in [-0.2, -0.15) is 5.10 Å². The lowest BCUT2D eigenvalue weighted by molar-refractivity contribution is 0.0472. The molecule has 3 aromatic rings. The van der Waals surface area contributed by atoms with E-state index in [0.717, 1.165) is 5.56 Å². The molecular weight excluding hydrogens is 334 g/mol. The Kier molecular flexibility index (Phi) is 5.95. The van der Waals surface area contributed by atoms with Gasteiger partial charge in [-0.25, -0.2) is 9.78 Å². The maximum Gasteiger partial charge on any atom is 0.338 e. The summed E-state index contributed by atoms with van der Waals surface area (Å²) in [6.45, 7) is 0.633. The first-order valence-electron chi connectivity index (χ1n) is 8.15. The van der Waals surface area contributed by atoms with E-state index in [9.17, 15) is 9.90 Å². The Morgan fingerprint density at radius 2 is 1.88 bits per heavy atom. The predicted molar refractivity (Wildman–Crippen MR) is 93.5 cm³/mol. The molecule has 0 spiro atoms. The molecule has 0 amide bonds. The van der Waals surface area contributed by atoms with Crippen LogP contribution in [0.15, 0.2) is 67.3 Å². The number of aliphatic hydroxyl groups excluding tert-OH is 1. The number of hydrogen-bond acceptors (Lipinski definition) is 6. The minimum Gasteiger partial charge on any atom is -0.491 e. The number of aromatic nitrogens is 3. The summed E-state index contributed by atoms with van der Waals surface area (Å²) in [7, 11) is 0. The zero-order chi connectivity index (χ0) is 18.2. The predicted octanol–water partition coefficient (Wildman–Crippen LogP) is 2.07. The molecule has 134 valence electrons. The van der Waals surface area contributed by atoms with Gasteiger partial charge in [0.15, 0.2) is 0 Å². The second-order valence-electron chi connectivity index (χ2n) is 5.67. The molecule has 0 bridgehead atoms. The van der Waals surface area contributed by atoms with Gasteiger partial charge < -0.3 is 14.6 Å². The summed E-state index contributed by atoms with van der Waals surface area (Å²) < 4.78 is 12.3. The number of rotatable bonds is 8. The topological polar surface area (TPSA) is 86.5 Å². The first-order valence-corrected chi connectivity index (χ1v) is 8.15. The van der Waals surface area contributed by atoms with E-state index >= 15 is 0 Å². The number of nitrogens with zero attached hydrogens (tertiary/aromatic N) is 3. The first-order chi connectivity index (χ1) is 12.7. The normalized spacial score (nSPS) is 11.7. The summed E-state index contributed by atoms with van der Waals surface area (Å²) in [6, 6.07) is 16.1. The van der Waals surface area contributed by atoms with Crippen molar-refractivity contribution in [2.75, 3.05) is 6.61 Å². The fraction of sp³-hybridized carbons (Fsp3) is 0.211. The second-order valence-corrected chi connectivity index (χ2v) is 5.67. The molecular formula is C19H19N3O4. The van der Waals surface area contributed by atoms with E-state index in [1.165, 1.54) is 17.3 Å². The van der Waals surface area contributed by atoms with E-state index in [0.29, 0.717) is 17.9 Å². The molecule has 1 aromatic heterocycles. The monoisotopic (exact) mass is 353 g/mol. The maximum absolute atomic E-state index is 12.1. The van der Waals surface area contributed by atoms with Crippen molar-refractivity contribution >= 4 is 5.97 Å². The highest BCUT2D eigenvalue weighted by atomic mass is 16.5. The molecule has 1 heterocycles. The molecule has 0 aliphatic heterocycles. The van der Waals surface area contributed by atoms with Gasteiger partial charge in [-0.1, -0.05) is 30.3 Å². The average molecular weight is 353 g/mol. The third-order valence-electron chi connectivity index (χ3n) is 3.61. The third-order valence-corrected chi connectivity index (χ3v) is 3.61. The van der Waals surface area contributed by atoms with Crippen molar-refractivity contribution in [3.05, 3.63) is 78.4 Å². The number of carbonyl (C=O) groups is 1. The van der Waals surface area contributed by atoms with Gasteiger partial charge in [0.05, 0.1) is 12.1 Å². The van der Waals surface area contributed by atoms with Crippen LogP contribution >= 0.6 is 0 Å². The minimum absolute atomic E-state index is 0.109. The molecule has 0 saturated heterocycles. The summed E-state index contributed by atoms with van der Waals surface area (Å²) in [4.78, 5) is 15.9. The van der Waals surface area contributed by atoms with Crippen LogP contribution < -0.4 is 4.74 Å². The largest absolute Gasteiger partial charge is 0.491 e. The third kappa shape index (κ3) is 5.15. The van der Waals surface area contributed by atoms with Crippen molar-refractivity contribution in [2.24, 2.45) is 0 Å². The lowest BCUT2D eigenvalue weighted by Crippen LogP contribution is -2.23. The number of ether oxygens (including phenoxy) is 2. The van der Waals surface area contributed by atoms with Crippen LogP contribution in [-0.4, -0.2) is 38.6 Å². The average Bonchev–Trinajstić information content (AvgIpc) is 3.18. The highest BCUT2D eigenvalue weighted by Crippen LogP contribution is 2.14. The van der Waals surface area contributed by atoms with Gasteiger partial charge in [0.1, 0.15) is 37.7 Å². The van der Waals surface area contributed by atoms with E-state index in [1.807, 2.05) is 30.3 Å². The zero-order valence-electron chi connectivity index (χ0n) is 14.1. The van der Waals surface area contributed by atoms with E-state index in [4.69, 9.17) is 9.47 Å². The van der Waals surface area contributed by atoms with Crippen LogP contribution in [0, 0.1) is 0 Å². The van der Waals surface area contributed by atoms with Gasteiger partial charge in [0.2, 0.25) is 0 Å². The molecule has 1 atom stereocenters. The van der Waals surface area contributed by atoms with Gasteiger partial charge in [-0.05, 0) is 29.8 Å². The van der Waals surface area contributed by atoms with E-state index in [1.54, 1.807) is 24.3 Å².